The van der Waals surface area contributed by atoms with Crippen LogP contribution >= 0.6 is 0 Å². The molecule has 3 nitrogen and oxygen atoms in total. The van der Waals surface area contributed by atoms with Crippen LogP contribution in [0.4, 0.5) is 0 Å². The Balaban J connectivity index is 1.89. The number of aryl methyl sites for hydroxylation is 1. The molecule has 0 N–H and O–H groups in total. The summed E-state index contributed by atoms with van der Waals surface area (Å²) >= 11 is 0. The molecule has 0 aromatic heterocycles. The van der Waals surface area contributed by atoms with E-state index in [1.807, 2.05) is 12.1 Å². The van der Waals surface area contributed by atoms with Gasteiger partial charge in [-0.15, -0.1) is 0 Å². The van der Waals surface area contributed by atoms with Gasteiger partial charge in [0.2, 0.25) is 0 Å². The largest absolute Gasteiger partial charge is 0.490 e. The van der Waals surface area contributed by atoms with E-state index in [1.54, 1.807) is 0 Å². The van der Waals surface area contributed by atoms with Crippen molar-refractivity contribution in [3.8, 4) is 5.75 Å². The number of carbonyl (C=O) groups is 1. The highest BCUT2D eigenvalue weighted by atomic mass is 16.6. The fourth-order valence-electron chi connectivity index (χ4n) is 4.54. The number of esters is 1. The highest BCUT2D eigenvalue weighted by Gasteiger charge is 2.03. The van der Waals surface area contributed by atoms with E-state index < -0.39 is 0 Å². The van der Waals surface area contributed by atoms with Gasteiger partial charge in [-0.3, -0.25) is 4.79 Å². The number of hydrogen-bond acceptors (Lipinski definition) is 3. The van der Waals surface area contributed by atoms with Gasteiger partial charge in [0.05, 0.1) is 0 Å². The molecule has 1 rings (SSSR count). The van der Waals surface area contributed by atoms with Crippen LogP contribution in [0.3, 0.4) is 0 Å². The van der Waals surface area contributed by atoms with E-state index in [9.17, 15) is 4.79 Å². The van der Waals surface area contributed by atoms with Gasteiger partial charge in [-0.05, 0) is 37.0 Å². The molecule has 0 unspecified atom stereocenters. The fraction of sp³-hybridized carbons (Fsp3) is 0.781. The first-order valence-corrected chi connectivity index (χ1v) is 15.1. The molecule has 0 radical (unpaired) electrons. The monoisotopic (exact) mass is 488 g/mol. The lowest BCUT2D eigenvalue weighted by Gasteiger charge is -2.08. The molecule has 0 heterocycles. The van der Waals surface area contributed by atoms with Crippen molar-refractivity contribution < 1.29 is 14.3 Å². The van der Waals surface area contributed by atoms with Crippen LogP contribution < -0.4 is 4.74 Å². The summed E-state index contributed by atoms with van der Waals surface area (Å²) in [6, 6.07) is 8.37. The first kappa shape index (κ1) is 31.5. The summed E-state index contributed by atoms with van der Waals surface area (Å²) in [5.41, 5.74) is 1.37. The molecule has 0 fully saturated rings. The topological polar surface area (TPSA) is 35.5 Å². The Morgan fingerprint density at radius 1 is 0.571 bits per heavy atom. The van der Waals surface area contributed by atoms with Crippen molar-refractivity contribution in [2.24, 2.45) is 0 Å². The summed E-state index contributed by atoms with van der Waals surface area (Å²) in [4.78, 5) is 11.9. The number of rotatable bonds is 25. The third-order valence-electron chi connectivity index (χ3n) is 6.84. The molecule has 0 aliphatic rings. The maximum absolute atomic E-state index is 11.9. The summed E-state index contributed by atoms with van der Waals surface area (Å²) in [7, 11) is 0. The van der Waals surface area contributed by atoms with Gasteiger partial charge >= 0.3 is 5.97 Å². The van der Waals surface area contributed by atoms with Crippen molar-refractivity contribution >= 4 is 5.97 Å². The zero-order valence-electron chi connectivity index (χ0n) is 23.3. The number of unbranched alkanes of at least 4 members (excludes halogenated alkanes) is 17. The average Bonchev–Trinajstić information content (AvgIpc) is 2.87. The smallest absolute Gasteiger partial charge is 0.305 e. The van der Waals surface area contributed by atoms with Gasteiger partial charge in [-0.2, -0.15) is 0 Å². The number of ether oxygens (including phenoxy) is 2. The molecule has 0 bridgehead atoms. The Bertz CT molecular complexity index is 581. The molecule has 0 amide bonds. The normalized spacial score (nSPS) is 11.0. The second kappa shape index (κ2) is 24.2. The van der Waals surface area contributed by atoms with Crippen LogP contribution in [0.2, 0.25) is 0 Å². The lowest BCUT2D eigenvalue weighted by molar-refractivity contribution is -0.144. The second-order valence-corrected chi connectivity index (χ2v) is 10.2. The summed E-state index contributed by atoms with van der Waals surface area (Å²) < 4.78 is 11.1. The molecule has 202 valence electrons. The summed E-state index contributed by atoms with van der Waals surface area (Å²) in [5, 5.41) is 0. The Labute approximate surface area is 217 Å². The second-order valence-electron chi connectivity index (χ2n) is 10.2. The van der Waals surface area contributed by atoms with Crippen LogP contribution in [0.25, 0.3) is 0 Å². The first-order valence-electron chi connectivity index (χ1n) is 15.1. The summed E-state index contributed by atoms with van der Waals surface area (Å²) in [5.74, 6) is 0.759. The zero-order chi connectivity index (χ0) is 25.2. The summed E-state index contributed by atoms with van der Waals surface area (Å²) in [6.45, 7) is 5.28. The molecule has 0 aliphatic heterocycles. The molecule has 0 spiro atoms. The van der Waals surface area contributed by atoms with Crippen molar-refractivity contribution in [2.75, 3.05) is 13.2 Å². The van der Waals surface area contributed by atoms with Crippen molar-refractivity contribution in [1.82, 2.24) is 0 Å². The molecule has 0 atom stereocenters. The minimum atomic E-state index is -0.0917. The van der Waals surface area contributed by atoms with Crippen LogP contribution in [0, 0.1) is 0 Å². The minimum absolute atomic E-state index is 0.0917. The third-order valence-corrected chi connectivity index (χ3v) is 6.84. The lowest BCUT2D eigenvalue weighted by atomic mass is 10.0. The SMILES string of the molecule is CCCCCCCCCCCCCCCC(=O)OCCOc1ccc(CCCCCCCC)cc1. The first-order chi connectivity index (χ1) is 17.3. The van der Waals surface area contributed by atoms with Gasteiger partial charge in [0.15, 0.2) is 0 Å². The van der Waals surface area contributed by atoms with Gasteiger partial charge in [-0.1, -0.05) is 135 Å². The van der Waals surface area contributed by atoms with Crippen molar-refractivity contribution in [3.63, 3.8) is 0 Å². The number of carbonyl (C=O) groups excluding carboxylic acids is 1. The van der Waals surface area contributed by atoms with Gasteiger partial charge in [0.25, 0.3) is 0 Å². The molecular formula is C32H56O3. The van der Waals surface area contributed by atoms with Crippen LogP contribution in [0.15, 0.2) is 24.3 Å². The lowest BCUT2D eigenvalue weighted by Crippen LogP contribution is -2.12. The van der Waals surface area contributed by atoms with Crippen molar-refractivity contribution in [3.05, 3.63) is 29.8 Å². The van der Waals surface area contributed by atoms with Crippen LogP contribution in [-0.4, -0.2) is 19.2 Å². The predicted octanol–water partition coefficient (Wildman–Crippen LogP) is 9.99. The van der Waals surface area contributed by atoms with Crippen molar-refractivity contribution in [1.29, 1.82) is 0 Å². The average molecular weight is 489 g/mol. The highest BCUT2D eigenvalue weighted by Crippen LogP contribution is 2.16. The Morgan fingerprint density at radius 3 is 1.54 bits per heavy atom. The zero-order valence-corrected chi connectivity index (χ0v) is 23.3. The van der Waals surface area contributed by atoms with E-state index in [4.69, 9.17) is 9.47 Å². The van der Waals surface area contributed by atoms with Gasteiger partial charge in [0.1, 0.15) is 19.0 Å². The molecule has 0 aliphatic carbocycles. The molecule has 1 aromatic rings. The molecule has 35 heavy (non-hydrogen) atoms. The van der Waals surface area contributed by atoms with E-state index in [0.29, 0.717) is 19.6 Å². The Hall–Kier alpha value is -1.51. The Morgan fingerprint density at radius 2 is 1.03 bits per heavy atom. The van der Waals surface area contributed by atoms with E-state index >= 15 is 0 Å². The molecule has 0 saturated heterocycles. The van der Waals surface area contributed by atoms with Gasteiger partial charge < -0.3 is 9.47 Å². The fourth-order valence-corrected chi connectivity index (χ4v) is 4.54. The minimum Gasteiger partial charge on any atom is -0.490 e. The number of benzene rings is 1. The van der Waals surface area contributed by atoms with Gasteiger partial charge in [0, 0.05) is 6.42 Å². The maximum atomic E-state index is 11.9. The third kappa shape index (κ3) is 20.4. The molecule has 0 saturated carbocycles. The van der Waals surface area contributed by atoms with Crippen LogP contribution in [0.5, 0.6) is 5.75 Å². The molecular weight excluding hydrogens is 432 g/mol. The van der Waals surface area contributed by atoms with Crippen molar-refractivity contribution in [2.45, 2.75) is 149 Å². The quantitative estimate of drug-likeness (QED) is 0.101. The standard InChI is InChI=1S/C32H56O3/c1-3-5-7-9-11-12-13-14-15-16-17-19-21-23-32(33)35-29-28-34-31-26-24-30(25-27-31)22-20-18-10-8-6-4-2/h24-27H,3-23,28-29H2,1-2H3. The van der Waals surface area contributed by atoms with E-state index in [0.717, 1.165) is 25.0 Å². The van der Waals surface area contributed by atoms with E-state index in [-0.39, 0.29) is 5.97 Å². The van der Waals surface area contributed by atoms with Gasteiger partial charge in [-0.25, -0.2) is 0 Å². The highest BCUT2D eigenvalue weighted by molar-refractivity contribution is 5.69. The molecule has 3 heteroatoms. The predicted molar refractivity (Wildman–Crippen MR) is 150 cm³/mol. The van der Waals surface area contributed by atoms with E-state index in [2.05, 4.69) is 26.0 Å². The van der Waals surface area contributed by atoms with Crippen LogP contribution in [0.1, 0.15) is 148 Å². The summed E-state index contributed by atoms with van der Waals surface area (Å²) in [6.07, 6.45) is 26.8. The Kier molecular flexibility index (Phi) is 21.8. The maximum Gasteiger partial charge on any atom is 0.305 e. The van der Waals surface area contributed by atoms with Crippen LogP contribution in [-0.2, 0) is 16.0 Å². The molecule has 1 aromatic carbocycles. The van der Waals surface area contributed by atoms with E-state index in [1.165, 1.54) is 115 Å². The number of hydrogen-bond donors (Lipinski definition) is 0.